The molecule has 0 fully saturated rings. The Hall–Kier alpha value is -2.87. The van der Waals surface area contributed by atoms with Gasteiger partial charge in [0.2, 0.25) is 5.91 Å². The lowest BCUT2D eigenvalue weighted by Gasteiger charge is -2.23. The van der Waals surface area contributed by atoms with E-state index < -0.39 is 17.7 Å². The van der Waals surface area contributed by atoms with E-state index in [2.05, 4.69) is 10.6 Å². The second-order valence-electron chi connectivity index (χ2n) is 8.28. The zero-order valence-corrected chi connectivity index (χ0v) is 18.4. The van der Waals surface area contributed by atoms with Crippen molar-refractivity contribution in [1.82, 2.24) is 10.6 Å². The molecule has 2 atom stereocenters. The van der Waals surface area contributed by atoms with E-state index in [1.807, 2.05) is 12.1 Å². The summed E-state index contributed by atoms with van der Waals surface area (Å²) >= 11 is 0. The Labute approximate surface area is 182 Å². The van der Waals surface area contributed by atoms with Crippen LogP contribution in [0.3, 0.4) is 0 Å². The number of hydrogen-bond donors (Lipinski definition) is 2. The maximum absolute atomic E-state index is 13.3. The molecule has 0 aromatic heterocycles. The Balaban J connectivity index is 1.81. The first-order valence-corrected chi connectivity index (χ1v) is 10.2. The molecule has 1 aromatic rings. The van der Waals surface area contributed by atoms with Crippen LogP contribution < -0.4 is 15.4 Å². The van der Waals surface area contributed by atoms with Crippen LogP contribution in [0.15, 0.2) is 48.3 Å². The Bertz CT molecular complexity index is 799. The highest BCUT2D eigenvalue weighted by Gasteiger charge is 2.24. The second-order valence-corrected chi connectivity index (χ2v) is 8.28. The molecule has 2 amide bonds. The van der Waals surface area contributed by atoms with Gasteiger partial charge in [0.15, 0.2) is 0 Å². The molecule has 0 bridgehead atoms. The fourth-order valence-corrected chi connectivity index (χ4v) is 2.84. The summed E-state index contributed by atoms with van der Waals surface area (Å²) in [6.07, 6.45) is 4.88. The number of nitrogens with one attached hydrogen (secondary N) is 2. The SMILES string of the molecule is COC[C@H](NC(=O)OC(C)(C)C)C(=O)NCc1ccc(OCC2C=C(F)C=CC2)cc1. The monoisotopic (exact) mass is 434 g/mol. The molecule has 0 heterocycles. The molecule has 170 valence electrons. The Morgan fingerprint density at radius 2 is 1.94 bits per heavy atom. The summed E-state index contributed by atoms with van der Waals surface area (Å²) in [4.78, 5) is 24.4. The Morgan fingerprint density at radius 3 is 2.55 bits per heavy atom. The van der Waals surface area contributed by atoms with Gasteiger partial charge in [-0.25, -0.2) is 9.18 Å². The van der Waals surface area contributed by atoms with Crippen molar-refractivity contribution in [1.29, 1.82) is 0 Å². The summed E-state index contributed by atoms with van der Waals surface area (Å²) < 4.78 is 29.2. The molecule has 0 radical (unpaired) electrons. The molecule has 1 aliphatic carbocycles. The van der Waals surface area contributed by atoms with Gasteiger partial charge in [0.25, 0.3) is 0 Å². The number of carbonyl (C=O) groups excluding carboxylic acids is 2. The van der Waals surface area contributed by atoms with E-state index in [0.29, 0.717) is 12.4 Å². The van der Waals surface area contributed by atoms with Crippen LogP contribution in [0.5, 0.6) is 5.75 Å². The van der Waals surface area contributed by atoms with Gasteiger partial charge < -0.3 is 24.8 Å². The zero-order chi connectivity index (χ0) is 22.9. The number of hydrogen-bond acceptors (Lipinski definition) is 5. The van der Waals surface area contributed by atoms with Crippen LogP contribution in [0.2, 0.25) is 0 Å². The van der Waals surface area contributed by atoms with Crippen molar-refractivity contribution in [2.45, 2.75) is 45.4 Å². The molecule has 8 heteroatoms. The molecule has 0 saturated carbocycles. The molecule has 2 N–H and O–H groups in total. The molecule has 0 aliphatic heterocycles. The largest absolute Gasteiger partial charge is 0.493 e. The number of alkyl carbamates (subject to hydrolysis) is 1. The Kier molecular flexibility index (Phi) is 9.05. The average Bonchev–Trinajstić information content (AvgIpc) is 2.69. The third-order valence-corrected chi connectivity index (χ3v) is 4.31. The minimum absolute atomic E-state index is 0.0131. The standard InChI is InChI=1S/C23H31FN2O5/c1-23(2,3)31-22(28)26-20(15-29-4)21(27)25-13-16-8-10-19(11-9-16)30-14-17-6-5-7-18(24)12-17/h5,7-12,17,20H,6,13-15H2,1-4H3,(H,25,27)(H,26,28)/t17?,20-/m0/s1. The van der Waals surface area contributed by atoms with Gasteiger partial charge in [0, 0.05) is 19.6 Å². The van der Waals surface area contributed by atoms with E-state index in [0.717, 1.165) is 12.0 Å². The van der Waals surface area contributed by atoms with Gasteiger partial charge >= 0.3 is 6.09 Å². The molecule has 1 aliphatic rings. The van der Waals surface area contributed by atoms with Crippen molar-refractivity contribution in [3.05, 3.63) is 53.9 Å². The first-order valence-electron chi connectivity index (χ1n) is 10.2. The molecule has 1 aromatic carbocycles. The smallest absolute Gasteiger partial charge is 0.408 e. The van der Waals surface area contributed by atoms with Crippen molar-refractivity contribution < 1.29 is 28.2 Å². The molecular weight excluding hydrogens is 403 g/mol. The van der Waals surface area contributed by atoms with Gasteiger partial charge in [-0.1, -0.05) is 18.2 Å². The van der Waals surface area contributed by atoms with E-state index in [1.54, 1.807) is 45.1 Å². The summed E-state index contributed by atoms with van der Waals surface area (Å²) in [6, 6.07) is 6.39. The number of halogens is 1. The fourth-order valence-electron chi connectivity index (χ4n) is 2.84. The number of methoxy groups -OCH3 is 1. The third-order valence-electron chi connectivity index (χ3n) is 4.31. The van der Waals surface area contributed by atoms with E-state index in [4.69, 9.17) is 14.2 Å². The predicted octanol–water partition coefficient (Wildman–Crippen LogP) is 3.65. The minimum atomic E-state index is -0.875. The number of allylic oxidation sites excluding steroid dienone is 3. The molecule has 0 spiro atoms. The highest BCUT2D eigenvalue weighted by atomic mass is 19.1. The van der Waals surface area contributed by atoms with Crippen molar-refractivity contribution in [2.24, 2.45) is 5.92 Å². The van der Waals surface area contributed by atoms with Gasteiger partial charge in [0.05, 0.1) is 13.2 Å². The number of rotatable bonds is 9. The summed E-state index contributed by atoms with van der Waals surface area (Å²) in [5, 5.41) is 5.29. The molecule has 31 heavy (non-hydrogen) atoms. The van der Waals surface area contributed by atoms with Gasteiger partial charge in [-0.2, -0.15) is 0 Å². The quantitative estimate of drug-likeness (QED) is 0.620. The van der Waals surface area contributed by atoms with E-state index in [-0.39, 0.29) is 30.8 Å². The molecule has 2 rings (SSSR count). The van der Waals surface area contributed by atoms with E-state index in [9.17, 15) is 14.0 Å². The zero-order valence-electron chi connectivity index (χ0n) is 18.4. The van der Waals surface area contributed by atoms with E-state index in [1.165, 1.54) is 13.2 Å². The minimum Gasteiger partial charge on any atom is -0.493 e. The molecule has 7 nitrogen and oxygen atoms in total. The maximum Gasteiger partial charge on any atom is 0.408 e. The van der Waals surface area contributed by atoms with Gasteiger partial charge in [-0.3, -0.25) is 4.79 Å². The van der Waals surface area contributed by atoms with Crippen molar-refractivity contribution in [2.75, 3.05) is 20.3 Å². The molecule has 1 unspecified atom stereocenters. The number of carbonyl (C=O) groups is 2. The van der Waals surface area contributed by atoms with Crippen molar-refractivity contribution in [3.63, 3.8) is 0 Å². The second kappa shape index (κ2) is 11.5. The van der Waals surface area contributed by atoms with Crippen molar-refractivity contribution >= 4 is 12.0 Å². The summed E-state index contributed by atoms with van der Waals surface area (Å²) in [7, 11) is 1.45. The van der Waals surface area contributed by atoms with E-state index >= 15 is 0 Å². The predicted molar refractivity (Wildman–Crippen MR) is 115 cm³/mol. The number of benzene rings is 1. The Morgan fingerprint density at radius 1 is 1.23 bits per heavy atom. The fraction of sp³-hybridized carbons (Fsp3) is 0.478. The lowest BCUT2D eigenvalue weighted by Crippen LogP contribution is -2.50. The molecule has 0 saturated heterocycles. The first kappa shape index (κ1) is 24.4. The highest BCUT2D eigenvalue weighted by Crippen LogP contribution is 2.20. The van der Waals surface area contributed by atoms with Crippen LogP contribution in [0.4, 0.5) is 9.18 Å². The topological polar surface area (TPSA) is 85.9 Å². The van der Waals surface area contributed by atoms with Crippen LogP contribution in [0.1, 0.15) is 32.8 Å². The average molecular weight is 435 g/mol. The first-order chi connectivity index (χ1) is 14.7. The van der Waals surface area contributed by atoms with Gasteiger partial charge in [-0.05, 0) is 57.0 Å². The van der Waals surface area contributed by atoms with Crippen molar-refractivity contribution in [3.8, 4) is 5.75 Å². The molecular formula is C23H31FN2O5. The van der Waals surface area contributed by atoms with Crippen LogP contribution in [-0.4, -0.2) is 44.0 Å². The van der Waals surface area contributed by atoms with Gasteiger partial charge in [-0.15, -0.1) is 0 Å². The third kappa shape index (κ3) is 9.21. The maximum atomic E-state index is 13.3. The van der Waals surface area contributed by atoms with Gasteiger partial charge in [0.1, 0.15) is 23.2 Å². The number of amides is 2. The highest BCUT2D eigenvalue weighted by molar-refractivity contribution is 5.85. The summed E-state index contributed by atoms with van der Waals surface area (Å²) in [6.45, 7) is 5.91. The lowest BCUT2D eigenvalue weighted by molar-refractivity contribution is -0.124. The van der Waals surface area contributed by atoms with Crippen LogP contribution in [0, 0.1) is 5.92 Å². The number of ether oxygens (including phenoxy) is 3. The van der Waals surface area contributed by atoms with Crippen LogP contribution in [-0.2, 0) is 20.8 Å². The van der Waals surface area contributed by atoms with Crippen LogP contribution in [0.25, 0.3) is 0 Å². The summed E-state index contributed by atoms with van der Waals surface area (Å²) in [5.41, 5.74) is 0.195. The normalized spacial score (nSPS) is 16.8. The summed E-state index contributed by atoms with van der Waals surface area (Å²) in [5.74, 6) is 0.0625. The lowest BCUT2D eigenvalue weighted by atomic mass is 10.0. The van der Waals surface area contributed by atoms with Crippen LogP contribution >= 0.6 is 0 Å².